The molecule has 1 aromatic carbocycles. The second-order valence-electron chi connectivity index (χ2n) is 6.43. The lowest BCUT2D eigenvalue weighted by atomic mass is 10.2. The van der Waals surface area contributed by atoms with Gasteiger partial charge in [0.15, 0.2) is 17.3 Å². The maximum absolute atomic E-state index is 11.4. The molecule has 7 nitrogen and oxygen atoms in total. The molecule has 3 heterocycles. The summed E-state index contributed by atoms with van der Waals surface area (Å²) in [4.78, 5) is 18.0. The van der Waals surface area contributed by atoms with E-state index in [0.717, 1.165) is 33.7 Å². The minimum Gasteiger partial charge on any atom is -0.464 e. The molecule has 1 aliphatic rings. The van der Waals surface area contributed by atoms with Crippen molar-refractivity contribution in [2.75, 3.05) is 11.7 Å². The molecule has 0 saturated heterocycles. The fourth-order valence-electron chi connectivity index (χ4n) is 2.88. The van der Waals surface area contributed by atoms with Crippen LogP contribution in [0.4, 0.5) is 5.13 Å². The van der Waals surface area contributed by atoms with E-state index in [2.05, 4.69) is 14.3 Å². The minimum absolute atomic E-state index is 0.0448. The average molecular weight is 385 g/mol. The molecule has 3 aromatic rings. The molecule has 0 N–H and O–H groups in total. The Kier molecular flexibility index (Phi) is 4.81. The van der Waals surface area contributed by atoms with Crippen LogP contribution in [0.5, 0.6) is 11.5 Å². The van der Waals surface area contributed by atoms with Crippen LogP contribution in [0, 0.1) is 6.92 Å². The van der Waals surface area contributed by atoms with Crippen molar-refractivity contribution in [1.29, 1.82) is 0 Å². The predicted octanol–water partition coefficient (Wildman–Crippen LogP) is 3.51. The summed E-state index contributed by atoms with van der Waals surface area (Å²) in [6, 6.07) is 9.79. The lowest BCUT2D eigenvalue weighted by Gasteiger charge is -2.20. The Labute approximate surface area is 160 Å². The Balaban J connectivity index is 1.59. The topological polar surface area (TPSA) is 77.7 Å². The Morgan fingerprint density at radius 2 is 2.04 bits per heavy atom. The summed E-state index contributed by atoms with van der Waals surface area (Å²) in [6.07, 6.45) is 0.244. The third-order valence-electron chi connectivity index (χ3n) is 4.09. The number of aromatic nitrogens is 2. The maximum atomic E-state index is 11.4. The van der Waals surface area contributed by atoms with Gasteiger partial charge >= 0.3 is 0 Å². The first kappa shape index (κ1) is 17.5. The van der Waals surface area contributed by atoms with Gasteiger partial charge in [-0.2, -0.15) is 4.37 Å². The number of rotatable bonds is 7. The van der Waals surface area contributed by atoms with Crippen LogP contribution in [0.2, 0.25) is 0 Å². The Morgan fingerprint density at radius 1 is 1.19 bits per heavy atom. The van der Waals surface area contributed by atoms with E-state index in [9.17, 15) is 4.79 Å². The van der Waals surface area contributed by atoms with Crippen molar-refractivity contribution in [3.63, 3.8) is 0 Å². The highest BCUT2D eigenvalue weighted by atomic mass is 32.1. The lowest BCUT2D eigenvalue weighted by molar-refractivity contribution is -0.116. The lowest BCUT2D eigenvalue weighted by Crippen LogP contribution is -2.21. The molecule has 0 unspecified atom stereocenters. The SMILES string of the molecule is CC(=O)Cc1nsc(N(Cc2ccc3c(c2)OCO3)Cc2ccc(C)o2)n1. The summed E-state index contributed by atoms with van der Waals surface area (Å²) in [6.45, 7) is 4.86. The van der Waals surface area contributed by atoms with Gasteiger partial charge in [0.1, 0.15) is 17.3 Å². The van der Waals surface area contributed by atoms with Gasteiger partial charge < -0.3 is 18.8 Å². The fourth-order valence-corrected chi connectivity index (χ4v) is 3.56. The second-order valence-corrected chi connectivity index (χ2v) is 7.16. The molecule has 0 saturated carbocycles. The van der Waals surface area contributed by atoms with E-state index < -0.39 is 0 Å². The van der Waals surface area contributed by atoms with Crippen molar-refractivity contribution >= 4 is 22.4 Å². The summed E-state index contributed by atoms with van der Waals surface area (Å²) in [7, 11) is 0. The zero-order valence-electron chi connectivity index (χ0n) is 15.1. The van der Waals surface area contributed by atoms with Crippen LogP contribution >= 0.6 is 11.5 Å². The zero-order valence-corrected chi connectivity index (χ0v) is 15.9. The normalized spacial score (nSPS) is 12.4. The minimum atomic E-state index is 0.0448. The quantitative estimate of drug-likeness (QED) is 0.616. The van der Waals surface area contributed by atoms with Gasteiger partial charge in [-0.15, -0.1) is 0 Å². The molecule has 8 heteroatoms. The molecule has 1 aliphatic heterocycles. The number of fused-ring (bicyclic) bond motifs is 1. The van der Waals surface area contributed by atoms with E-state index in [0.29, 0.717) is 18.9 Å². The summed E-state index contributed by atoms with van der Waals surface area (Å²) < 4.78 is 20.9. The van der Waals surface area contributed by atoms with Crippen molar-refractivity contribution in [2.45, 2.75) is 33.4 Å². The van der Waals surface area contributed by atoms with E-state index >= 15 is 0 Å². The number of anilines is 1. The zero-order chi connectivity index (χ0) is 18.8. The molecular formula is C19H19N3O4S. The molecule has 0 amide bonds. The molecule has 4 rings (SSSR count). The second kappa shape index (κ2) is 7.40. The maximum Gasteiger partial charge on any atom is 0.231 e. The molecule has 140 valence electrons. The number of aryl methyl sites for hydroxylation is 1. The molecule has 0 fully saturated rings. The highest BCUT2D eigenvalue weighted by Crippen LogP contribution is 2.33. The largest absolute Gasteiger partial charge is 0.464 e. The van der Waals surface area contributed by atoms with E-state index in [4.69, 9.17) is 13.9 Å². The standard InChI is InChI=1S/C19H19N3O4S/c1-12(23)7-18-20-19(27-21-18)22(10-15-5-3-13(2)26-15)9-14-4-6-16-17(8-14)25-11-24-16/h3-6,8H,7,9-11H2,1-2H3. The van der Waals surface area contributed by atoms with Crippen molar-refractivity contribution in [3.8, 4) is 11.5 Å². The van der Waals surface area contributed by atoms with Gasteiger partial charge in [-0.1, -0.05) is 6.07 Å². The van der Waals surface area contributed by atoms with Crippen LogP contribution in [-0.2, 0) is 24.3 Å². The average Bonchev–Trinajstić information content (AvgIpc) is 3.34. The third-order valence-corrected chi connectivity index (χ3v) is 4.90. The van der Waals surface area contributed by atoms with Gasteiger partial charge in [-0.25, -0.2) is 4.98 Å². The predicted molar refractivity (Wildman–Crippen MR) is 100 cm³/mol. The van der Waals surface area contributed by atoms with Gasteiger partial charge in [-0.05, 0) is 43.7 Å². The van der Waals surface area contributed by atoms with Gasteiger partial charge in [0, 0.05) is 18.1 Å². The number of benzene rings is 1. The number of hydrogen-bond donors (Lipinski definition) is 0. The highest BCUT2D eigenvalue weighted by molar-refractivity contribution is 7.09. The van der Waals surface area contributed by atoms with E-state index in [1.165, 1.54) is 18.5 Å². The number of Topliss-reactive ketones (excluding diaryl/α,β-unsaturated/α-hetero) is 1. The van der Waals surface area contributed by atoms with E-state index in [-0.39, 0.29) is 19.0 Å². The molecule has 0 atom stereocenters. The fraction of sp³-hybridized carbons (Fsp3) is 0.316. The Hall–Kier alpha value is -2.87. The number of carbonyl (C=O) groups is 1. The molecule has 0 radical (unpaired) electrons. The monoisotopic (exact) mass is 385 g/mol. The first-order valence-electron chi connectivity index (χ1n) is 8.57. The van der Waals surface area contributed by atoms with E-state index in [1.54, 1.807) is 0 Å². The Morgan fingerprint density at radius 3 is 2.81 bits per heavy atom. The van der Waals surface area contributed by atoms with Crippen LogP contribution < -0.4 is 14.4 Å². The van der Waals surface area contributed by atoms with Crippen LogP contribution in [0.1, 0.15) is 29.8 Å². The molecule has 0 spiro atoms. The summed E-state index contributed by atoms with van der Waals surface area (Å²) in [5, 5.41) is 0.748. The molecule has 0 aliphatic carbocycles. The van der Waals surface area contributed by atoms with E-state index in [1.807, 2.05) is 37.3 Å². The number of carbonyl (C=O) groups excluding carboxylic acids is 1. The number of ketones is 1. The van der Waals surface area contributed by atoms with Crippen LogP contribution in [0.25, 0.3) is 0 Å². The number of nitrogens with zero attached hydrogens (tertiary/aromatic N) is 3. The van der Waals surface area contributed by atoms with Crippen molar-refractivity contribution in [1.82, 2.24) is 9.36 Å². The van der Waals surface area contributed by atoms with Gasteiger partial charge in [0.25, 0.3) is 0 Å². The van der Waals surface area contributed by atoms with Crippen molar-refractivity contribution in [2.24, 2.45) is 0 Å². The Bertz CT molecular complexity index is 966. The van der Waals surface area contributed by atoms with Gasteiger partial charge in [0.05, 0.1) is 13.0 Å². The number of furan rings is 1. The van der Waals surface area contributed by atoms with Crippen LogP contribution in [-0.4, -0.2) is 21.9 Å². The number of ether oxygens (including phenoxy) is 2. The molecular weight excluding hydrogens is 366 g/mol. The van der Waals surface area contributed by atoms with Crippen LogP contribution in [0.3, 0.4) is 0 Å². The number of hydrogen-bond acceptors (Lipinski definition) is 8. The highest BCUT2D eigenvalue weighted by Gasteiger charge is 2.19. The summed E-state index contributed by atoms with van der Waals surface area (Å²) in [5.41, 5.74) is 1.06. The molecule has 2 aromatic heterocycles. The van der Waals surface area contributed by atoms with Gasteiger partial charge in [-0.3, -0.25) is 4.79 Å². The van der Waals surface area contributed by atoms with Crippen molar-refractivity contribution in [3.05, 3.63) is 53.2 Å². The van der Waals surface area contributed by atoms with Gasteiger partial charge in [0.2, 0.25) is 11.9 Å². The van der Waals surface area contributed by atoms with Crippen molar-refractivity contribution < 1.29 is 18.7 Å². The first-order chi connectivity index (χ1) is 13.1. The first-order valence-corrected chi connectivity index (χ1v) is 9.35. The summed E-state index contributed by atoms with van der Waals surface area (Å²) in [5.74, 6) is 3.80. The molecule has 27 heavy (non-hydrogen) atoms. The third kappa shape index (κ3) is 4.11. The van der Waals surface area contributed by atoms with Crippen LogP contribution in [0.15, 0.2) is 34.7 Å². The summed E-state index contributed by atoms with van der Waals surface area (Å²) >= 11 is 1.29. The molecule has 0 bridgehead atoms. The smallest absolute Gasteiger partial charge is 0.231 e.